The number of aryl methyl sites for hydroxylation is 1. The van der Waals surface area contributed by atoms with E-state index in [1.807, 2.05) is 46.7 Å². The number of anilines is 1. The smallest absolute Gasteiger partial charge is 0.264 e. The summed E-state index contributed by atoms with van der Waals surface area (Å²) in [7, 11) is 0. The first-order valence-corrected chi connectivity index (χ1v) is 12.9. The van der Waals surface area contributed by atoms with Crippen molar-refractivity contribution in [1.29, 1.82) is 0 Å². The minimum Gasteiger partial charge on any atom is -0.369 e. The van der Waals surface area contributed by atoms with Crippen molar-refractivity contribution in [3.63, 3.8) is 0 Å². The highest BCUT2D eigenvalue weighted by atomic mass is 32.1. The zero-order valence-electron chi connectivity index (χ0n) is 19.6. The molecule has 1 N–H and O–H groups in total. The number of piperidine rings is 1. The van der Waals surface area contributed by atoms with Gasteiger partial charge in [-0.2, -0.15) is 0 Å². The van der Waals surface area contributed by atoms with Crippen molar-refractivity contribution in [2.24, 2.45) is 5.92 Å². The second-order valence-corrected chi connectivity index (χ2v) is 10.5. The maximum absolute atomic E-state index is 13.7. The number of rotatable bonds is 5. The zero-order chi connectivity index (χ0) is 23.9. The maximum Gasteiger partial charge on any atom is 0.264 e. The third kappa shape index (κ3) is 4.01. The van der Waals surface area contributed by atoms with E-state index in [0.29, 0.717) is 25.6 Å². The lowest BCUT2D eigenvalue weighted by Crippen LogP contribution is -2.49. The van der Waals surface area contributed by atoms with Crippen LogP contribution in [0.3, 0.4) is 0 Å². The molecule has 8 heteroatoms. The van der Waals surface area contributed by atoms with E-state index in [1.165, 1.54) is 16.9 Å². The van der Waals surface area contributed by atoms with Gasteiger partial charge in [-0.15, -0.1) is 11.3 Å². The molecule has 1 fully saturated rings. The number of fused-ring (bicyclic) bond motifs is 5. The highest BCUT2D eigenvalue weighted by Gasteiger charge is 2.37. The molecule has 2 aliphatic rings. The monoisotopic (exact) mass is 485 g/mol. The molecule has 1 amide bonds. The first-order chi connectivity index (χ1) is 17.1. The first kappa shape index (κ1) is 22.0. The number of pyridine rings is 1. The third-order valence-electron chi connectivity index (χ3n) is 7.24. The fourth-order valence-electron chi connectivity index (χ4n) is 5.59. The van der Waals surface area contributed by atoms with Gasteiger partial charge in [0.1, 0.15) is 17.0 Å². The average molecular weight is 486 g/mol. The van der Waals surface area contributed by atoms with Gasteiger partial charge in [-0.05, 0) is 42.9 Å². The molecule has 0 radical (unpaired) electrons. The van der Waals surface area contributed by atoms with Crippen molar-refractivity contribution in [3.8, 4) is 0 Å². The summed E-state index contributed by atoms with van der Waals surface area (Å²) in [4.78, 5) is 38.5. The number of aromatic nitrogens is 3. The summed E-state index contributed by atoms with van der Waals surface area (Å²) in [6.07, 6.45) is 3.49. The normalized spacial score (nSPS) is 18.9. The van der Waals surface area contributed by atoms with Gasteiger partial charge in [0.05, 0.1) is 10.3 Å². The molecule has 5 heterocycles. The lowest BCUT2D eigenvalue weighted by Gasteiger charge is -2.42. The molecule has 2 bridgehead atoms. The van der Waals surface area contributed by atoms with Gasteiger partial charge in [0.2, 0.25) is 0 Å². The average Bonchev–Trinajstić information content (AvgIpc) is 3.22. The van der Waals surface area contributed by atoms with Crippen molar-refractivity contribution in [2.45, 2.75) is 32.2 Å². The van der Waals surface area contributed by atoms with Crippen LogP contribution in [0.1, 0.15) is 38.8 Å². The number of nitrogens with zero attached hydrogens (tertiary/aromatic N) is 4. The van der Waals surface area contributed by atoms with E-state index in [4.69, 9.17) is 0 Å². The van der Waals surface area contributed by atoms with Crippen LogP contribution in [0.25, 0.3) is 10.2 Å². The Hall–Kier alpha value is -3.52. The number of thiophene rings is 1. The van der Waals surface area contributed by atoms with Crippen LogP contribution in [0.2, 0.25) is 0 Å². The minimum atomic E-state index is 0.0576. The lowest BCUT2D eigenvalue weighted by molar-refractivity contribution is 0.0599. The standard InChI is InChI=1S/C27H27N5O2S/c1-17-23-25(28-11-10-18-6-3-2-4-7-18)29-16-30-26(23)35-24(17)27(34)31-13-19-12-20(15-31)21-8-5-9-22(33)32(21)14-19/h2-9,16,19-20H,10-15H2,1H3,(H,28,29,30)/t19-,20-/m1/s1. The van der Waals surface area contributed by atoms with Gasteiger partial charge in [-0.25, -0.2) is 9.97 Å². The van der Waals surface area contributed by atoms with Crippen LogP contribution in [-0.4, -0.2) is 45.0 Å². The molecular formula is C27H27N5O2S. The minimum absolute atomic E-state index is 0.0576. The number of likely N-dealkylation sites (tertiary alicyclic amines) is 1. The van der Waals surface area contributed by atoms with E-state index in [9.17, 15) is 9.59 Å². The topological polar surface area (TPSA) is 80.1 Å². The summed E-state index contributed by atoms with van der Waals surface area (Å²) < 4.78 is 1.90. The van der Waals surface area contributed by atoms with E-state index in [1.54, 1.807) is 12.4 Å². The molecular weight excluding hydrogens is 458 g/mol. The van der Waals surface area contributed by atoms with E-state index < -0.39 is 0 Å². The second-order valence-electron chi connectivity index (χ2n) is 9.53. The van der Waals surface area contributed by atoms with E-state index in [2.05, 4.69) is 27.4 Å². The number of carbonyl (C=O) groups excluding carboxylic acids is 1. The third-order valence-corrected chi connectivity index (χ3v) is 8.42. The number of carbonyl (C=O) groups is 1. The Balaban J connectivity index is 1.24. The molecule has 178 valence electrons. The number of nitrogens with one attached hydrogen (secondary N) is 1. The Kier molecular flexibility index (Phi) is 5.60. The highest BCUT2D eigenvalue weighted by molar-refractivity contribution is 7.20. The molecule has 7 nitrogen and oxygen atoms in total. The predicted octanol–water partition coefficient (Wildman–Crippen LogP) is 4.08. The summed E-state index contributed by atoms with van der Waals surface area (Å²) >= 11 is 1.45. The Bertz CT molecular complexity index is 1460. The van der Waals surface area contributed by atoms with Crippen LogP contribution < -0.4 is 10.9 Å². The van der Waals surface area contributed by atoms with Crippen molar-refractivity contribution < 1.29 is 4.79 Å². The molecule has 2 atom stereocenters. The summed E-state index contributed by atoms with van der Waals surface area (Å²) in [5.74, 6) is 1.34. The first-order valence-electron chi connectivity index (χ1n) is 12.1. The van der Waals surface area contributed by atoms with Gasteiger partial charge in [-0.3, -0.25) is 9.59 Å². The van der Waals surface area contributed by atoms with Crippen molar-refractivity contribution in [3.05, 3.63) is 86.9 Å². The molecule has 2 aliphatic heterocycles. The van der Waals surface area contributed by atoms with Gasteiger partial charge in [0.15, 0.2) is 0 Å². The van der Waals surface area contributed by atoms with Crippen molar-refractivity contribution in [2.75, 3.05) is 25.0 Å². The Morgan fingerprint density at radius 3 is 2.80 bits per heavy atom. The van der Waals surface area contributed by atoms with E-state index in [0.717, 1.165) is 51.6 Å². The summed E-state index contributed by atoms with van der Waals surface area (Å²) in [6.45, 7) is 4.75. The molecule has 6 rings (SSSR count). The Morgan fingerprint density at radius 2 is 1.94 bits per heavy atom. The summed E-state index contributed by atoms with van der Waals surface area (Å²) in [6, 6.07) is 15.8. The summed E-state index contributed by atoms with van der Waals surface area (Å²) in [5.41, 5.74) is 3.31. The van der Waals surface area contributed by atoms with Crippen LogP contribution >= 0.6 is 11.3 Å². The fourth-order valence-corrected chi connectivity index (χ4v) is 6.70. The molecule has 35 heavy (non-hydrogen) atoms. The van der Waals surface area contributed by atoms with Crippen molar-refractivity contribution >= 4 is 33.3 Å². The highest BCUT2D eigenvalue weighted by Crippen LogP contribution is 2.38. The molecule has 1 aromatic carbocycles. The molecule has 0 aliphatic carbocycles. The van der Waals surface area contributed by atoms with Gasteiger partial charge >= 0.3 is 0 Å². The quantitative estimate of drug-likeness (QED) is 0.461. The largest absolute Gasteiger partial charge is 0.369 e. The number of amides is 1. The Morgan fingerprint density at radius 1 is 1.09 bits per heavy atom. The molecule has 3 aromatic heterocycles. The molecule has 0 saturated carbocycles. The predicted molar refractivity (Wildman–Crippen MR) is 138 cm³/mol. The van der Waals surface area contributed by atoms with Crippen LogP contribution in [0.15, 0.2) is 59.7 Å². The number of hydrogen-bond donors (Lipinski definition) is 1. The molecule has 1 saturated heterocycles. The van der Waals surface area contributed by atoms with Crippen LogP contribution in [-0.2, 0) is 13.0 Å². The number of benzene rings is 1. The van der Waals surface area contributed by atoms with Gasteiger partial charge in [-0.1, -0.05) is 36.4 Å². The SMILES string of the molecule is Cc1c(C(=O)N2C[C@H]3C[C@H](C2)c2cccc(=O)n2C3)sc2ncnc(NCCc3ccccc3)c12. The van der Waals surface area contributed by atoms with E-state index >= 15 is 0 Å². The van der Waals surface area contributed by atoms with Crippen LogP contribution in [0.4, 0.5) is 5.82 Å². The van der Waals surface area contributed by atoms with Crippen molar-refractivity contribution in [1.82, 2.24) is 19.4 Å². The molecule has 0 spiro atoms. The van der Waals surface area contributed by atoms with Crippen LogP contribution in [0, 0.1) is 12.8 Å². The summed E-state index contributed by atoms with van der Waals surface area (Å²) in [5, 5.41) is 4.39. The number of hydrogen-bond acceptors (Lipinski definition) is 6. The Labute approximate surface area is 207 Å². The van der Waals surface area contributed by atoms with Gasteiger partial charge in [0, 0.05) is 43.9 Å². The molecule has 0 unspecified atom stereocenters. The zero-order valence-corrected chi connectivity index (χ0v) is 20.4. The lowest BCUT2D eigenvalue weighted by atomic mass is 9.83. The van der Waals surface area contributed by atoms with Crippen LogP contribution in [0.5, 0.6) is 0 Å². The van der Waals surface area contributed by atoms with Gasteiger partial charge < -0.3 is 14.8 Å². The fraction of sp³-hybridized carbons (Fsp3) is 0.333. The van der Waals surface area contributed by atoms with Gasteiger partial charge in [0.25, 0.3) is 11.5 Å². The second kappa shape index (κ2) is 8.92. The van der Waals surface area contributed by atoms with E-state index in [-0.39, 0.29) is 17.4 Å². The maximum atomic E-state index is 13.7. The molecule has 4 aromatic rings.